The lowest BCUT2D eigenvalue weighted by Crippen LogP contribution is -2.40. The molecule has 0 bridgehead atoms. The number of aromatic hydroxyl groups is 1. The number of hydrogen-bond acceptors (Lipinski definition) is 7. The van der Waals surface area contributed by atoms with Gasteiger partial charge in [0.1, 0.15) is 30.2 Å². The zero-order valence-electron chi connectivity index (χ0n) is 18.9. The zero-order chi connectivity index (χ0) is 25.1. The van der Waals surface area contributed by atoms with Crippen molar-refractivity contribution < 1.29 is 19.1 Å². The van der Waals surface area contributed by atoms with Crippen molar-refractivity contribution in [2.24, 2.45) is 10.1 Å². The van der Waals surface area contributed by atoms with Crippen molar-refractivity contribution in [3.63, 3.8) is 0 Å². The topological polar surface area (TPSA) is 125 Å². The van der Waals surface area contributed by atoms with Gasteiger partial charge in [-0.2, -0.15) is 5.10 Å². The average molecular weight is 537 g/mol. The molecule has 178 valence electrons. The highest BCUT2D eigenvalue weighted by Gasteiger charge is 2.27. The van der Waals surface area contributed by atoms with E-state index in [1.165, 1.54) is 24.8 Å². The summed E-state index contributed by atoms with van der Waals surface area (Å²) in [5.74, 6) is -1.00. The van der Waals surface area contributed by atoms with E-state index in [9.17, 15) is 19.5 Å². The van der Waals surface area contributed by atoms with Gasteiger partial charge in [0.05, 0.1) is 17.1 Å². The molecule has 0 saturated carbocycles. The van der Waals surface area contributed by atoms with Gasteiger partial charge in [0.15, 0.2) is 0 Å². The van der Waals surface area contributed by atoms with E-state index in [4.69, 9.17) is 4.42 Å². The van der Waals surface area contributed by atoms with Crippen LogP contribution in [0.4, 0.5) is 5.69 Å². The molecule has 0 fully saturated rings. The van der Waals surface area contributed by atoms with Gasteiger partial charge in [-0.05, 0) is 32.0 Å². The minimum absolute atomic E-state index is 0.0609. The van der Waals surface area contributed by atoms with Crippen molar-refractivity contribution in [3.05, 3.63) is 91.9 Å². The molecule has 0 aliphatic carbocycles. The monoisotopic (exact) mass is 536 g/mol. The number of carbonyl (C=O) groups excluding carboxylic acids is 2. The van der Waals surface area contributed by atoms with Gasteiger partial charge >= 0.3 is 5.63 Å². The number of hydrazone groups is 1. The number of aryl methyl sites for hydroxylation is 1. The van der Waals surface area contributed by atoms with Gasteiger partial charge in [-0.25, -0.2) is 10.2 Å². The Bertz CT molecular complexity index is 1430. The molecular weight excluding hydrogens is 516 g/mol. The average Bonchev–Trinajstić information content (AvgIpc) is 2.94. The summed E-state index contributed by atoms with van der Waals surface area (Å²) in [7, 11) is 0. The fourth-order valence-corrected chi connectivity index (χ4v) is 4.07. The summed E-state index contributed by atoms with van der Waals surface area (Å²) in [5.41, 5.74) is 4.20. The second-order valence-corrected chi connectivity index (χ2v) is 8.72. The number of benzodiazepines with no additional fused rings is 1. The molecule has 0 unspecified atom stereocenters. The lowest BCUT2D eigenvalue weighted by atomic mass is 10.0. The van der Waals surface area contributed by atoms with Crippen molar-refractivity contribution in [1.29, 1.82) is 0 Å². The smallest absolute Gasteiger partial charge is 0.348 e. The van der Waals surface area contributed by atoms with Crippen LogP contribution in [0.15, 0.2) is 78.4 Å². The molecule has 2 aromatic carbocycles. The fourth-order valence-electron chi connectivity index (χ4n) is 3.71. The maximum absolute atomic E-state index is 13.0. The minimum Gasteiger partial charge on any atom is -0.507 e. The molecule has 1 aliphatic heterocycles. The summed E-state index contributed by atoms with van der Waals surface area (Å²) in [5, 5.41) is 14.0. The summed E-state index contributed by atoms with van der Waals surface area (Å²) < 4.78 is 5.78. The number of rotatable bonds is 5. The lowest BCUT2D eigenvalue weighted by molar-refractivity contribution is -0.123. The van der Waals surface area contributed by atoms with Gasteiger partial charge < -0.3 is 14.4 Å². The van der Waals surface area contributed by atoms with E-state index in [2.05, 4.69) is 31.4 Å². The van der Waals surface area contributed by atoms with E-state index < -0.39 is 11.5 Å². The van der Waals surface area contributed by atoms with Crippen LogP contribution in [0, 0.1) is 6.92 Å². The van der Waals surface area contributed by atoms with E-state index in [1.807, 2.05) is 36.4 Å². The number of benzene rings is 2. The predicted molar refractivity (Wildman–Crippen MR) is 135 cm³/mol. The first-order valence-corrected chi connectivity index (χ1v) is 11.4. The summed E-state index contributed by atoms with van der Waals surface area (Å²) in [6.07, 6.45) is 0. The van der Waals surface area contributed by atoms with Crippen LogP contribution in [0.5, 0.6) is 5.75 Å². The molecule has 0 atom stereocenters. The summed E-state index contributed by atoms with van der Waals surface area (Å²) in [4.78, 5) is 43.6. The molecule has 2 amide bonds. The Labute approximate surface area is 208 Å². The highest BCUT2D eigenvalue weighted by Crippen LogP contribution is 2.29. The zero-order valence-corrected chi connectivity index (χ0v) is 20.5. The maximum Gasteiger partial charge on any atom is 0.348 e. The van der Waals surface area contributed by atoms with Crippen LogP contribution in [-0.2, 0) is 9.59 Å². The van der Waals surface area contributed by atoms with Gasteiger partial charge in [-0.15, -0.1) is 0 Å². The van der Waals surface area contributed by atoms with Gasteiger partial charge in [0.25, 0.3) is 5.91 Å². The molecule has 3 aromatic rings. The van der Waals surface area contributed by atoms with E-state index in [0.717, 1.165) is 10.0 Å². The largest absolute Gasteiger partial charge is 0.507 e. The Morgan fingerprint density at radius 1 is 1.20 bits per heavy atom. The highest BCUT2D eigenvalue weighted by molar-refractivity contribution is 9.10. The molecule has 35 heavy (non-hydrogen) atoms. The Kier molecular flexibility index (Phi) is 6.92. The standard InChI is InChI=1S/C25H21BrN4O5/c1-14-10-20(31)23(25(34)35-14)15(2)28-29-21(32)13-30-19-9-8-17(26)11-18(19)24(27-12-22(30)33)16-6-4-3-5-7-16/h3-11,31H,12-13H2,1-2H3,(H,29,32)/b28-15-. The number of hydrogen-bond donors (Lipinski definition) is 2. The predicted octanol–water partition coefficient (Wildman–Crippen LogP) is 3.14. The SMILES string of the molecule is C/C(=N/NC(=O)CN1C(=O)CN=C(c2ccccc2)c2cc(Br)ccc21)c1c(O)cc(C)oc1=O. The summed E-state index contributed by atoms with van der Waals surface area (Å²) in [6.45, 7) is 2.52. The number of amides is 2. The third-order valence-corrected chi connectivity index (χ3v) is 5.78. The second kappa shape index (κ2) is 10.1. The van der Waals surface area contributed by atoms with Crippen molar-refractivity contribution in [3.8, 4) is 5.75 Å². The van der Waals surface area contributed by atoms with E-state index in [0.29, 0.717) is 17.0 Å². The Morgan fingerprint density at radius 3 is 2.66 bits per heavy atom. The minimum atomic E-state index is -0.772. The highest BCUT2D eigenvalue weighted by atomic mass is 79.9. The first kappa shape index (κ1) is 24.1. The maximum atomic E-state index is 13.0. The first-order valence-electron chi connectivity index (χ1n) is 10.6. The van der Waals surface area contributed by atoms with Crippen LogP contribution in [-0.4, -0.2) is 41.4 Å². The van der Waals surface area contributed by atoms with Crippen LogP contribution in [0.25, 0.3) is 0 Å². The summed E-state index contributed by atoms with van der Waals surface area (Å²) in [6, 6.07) is 16.2. The van der Waals surface area contributed by atoms with Crippen LogP contribution >= 0.6 is 15.9 Å². The number of anilines is 1. The fraction of sp³-hybridized carbons (Fsp3) is 0.160. The molecule has 1 aromatic heterocycles. The third-order valence-electron chi connectivity index (χ3n) is 5.29. The van der Waals surface area contributed by atoms with Crippen molar-refractivity contribution in [2.45, 2.75) is 13.8 Å². The normalized spacial score (nSPS) is 13.7. The third kappa shape index (κ3) is 5.22. The van der Waals surface area contributed by atoms with E-state index in [1.54, 1.807) is 12.1 Å². The molecule has 0 saturated heterocycles. The van der Waals surface area contributed by atoms with Crippen molar-refractivity contribution in [2.75, 3.05) is 18.0 Å². The first-order chi connectivity index (χ1) is 16.7. The van der Waals surface area contributed by atoms with Gasteiger partial charge in [-0.1, -0.05) is 46.3 Å². The molecule has 0 radical (unpaired) electrons. The van der Waals surface area contributed by atoms with Crippen LogP contribution in [0.2, 0.25) is 0 Å². The second-order valence-electron chi connectivity index (χ2n) is 7.81. The molecule has 2 N–H and O–H groups in total. The molecule has 9 nitrogen and oxygen atoms in total. The Balaban J connectivity index is 1.60. The van der Waals surface area contributed by atoms with Crippen LogP contribution in [0.3, 0.4) is 0 Å². The van der Waals surface area contributed by atoms with E-state index >= 15 is 0 Å². The number of halogens is 1. The number of carbonyl (C=O) groups is 2. The quantitative estimate of drug-likeness (QED) is 0.382. The van der Waals surface area contributed by atoms with Gasteiger partial charge in [-0.3, -0.25) is 14.6 Å². The van der Waals surface area contributed by atoms with Crippen LogP contribution in [0.1, 0.15) is 29.4 Å². The van der Waals surface area contributed by atoms with Crippen molar-refractivity contribution in [1.82, 2.24) is 5.43 Å². The summed E-state index contributed by atoms with van der Waals surface area (Å²) >= 11 is 3.47. The Morgan fingerprint density at radius 2 is 1.94 bits per heavy atom. The number of fused-ring (bicyclic) bond motifs is 1. The Hall–Kier alpha value is -4.05. The molecule has 0 spiro atoms. The molecular formula is C25H21BrN4O5. The van der Waals surface area contributed by atoms with Crippen molar-refractivity contribution >= 4 is 44.9 Å². The molecule has 10 heteroatoms. The van der Waals surface area contributed by atoms with E-state index in [-0.39, 0.29) is 41.8 Å². The molecule has 4 rings (SSSR count). The van der Waals surface area contributed by atoms with Gasteiger partial charge in [0, 0.05) is 21.7 Å². The lowest BCUT2D eigenvalue weighted by Gasteiger charge is -2.22. The number of nitrogens with zero attached hydrogens (tertiary/aromatic N) is 3. The molecule has 2 heterocycles. The molecule has 1 aliphatic rings. The van der Waals surface area contributed by atoms with Gasteiger partial charge in [0.2, 0.25) is 5.91 Å². The number of nitrogens with one attached hydrogen (secondary N) is 1. The number of aliphatic imine (C=N–C) groups is 1. The van der Waals surface area contributed by atoms with Crippen LogP contribution < -0.4 is 16.0 Å².